The van der Waals surface area contributed by atoms with E-state index >= 15 is 0 Å². The maximum Gasteiger partial charge on any atom is 0.338 e. The predicted molar refractivity (Wildman–Crippen MR) is 96.4 cm³/mol. The molecule has 7 heteroatoms. The van der Waals surface area contributed by atoms with Crippen molar-refractivity contribution < 1.29 is 33.3 Å². The van der Waals surface area contributed by atoms with Crippen LogP contribution in [0.3, 0.4) is 0 Å². The van der Waals surface area contributed by atoms with E-state index in [1.165, 1.54) is 13.2 Å². The predicted octanol–water partition coefficient (Wildman–Crippen LogP) is 2.71. The Bertz CT molecular complexity index is 845. The third kappa shape index (κ3) is 2.93. The van der Waals surface area contributed by atoms with Crippen LogP contribution < -0.4 is 0 Å². The number of cyclic esters (lactones) is 1. The van der Waals surface area contributed by atoms with Crippen molar-refractivity contribution in [3.8, 4) is 0 Å². The molecule has 2 aliphatic heterocycles. The maximum absolute atomic E-state index is 12.6. The topological polar surface area (TPSA) is 88.1 Å². The molecule has 0 saturated carbocycles. The first-order valence-electron chi connectivity index (χ1n) is 9.55. The molecule has 28 heavy (non-hydrogen) atoms. The number of rotatable bonds is 3. The molecule has 0 aromatic carbocycles. The summed E-state index contributed by atoms with van der Waals surface area (Å²) in [5.74, 6) is -1.79. The Morgan fingerprint density at radius 2 is 2.00 bits per heavy atom. The van der Waals surface area contributed by atoms with Gasteiger partial charge in [-0.3, -0.25) is 4.79 Å². The van der Waals surface area contributed by atoms with E-state index in [2.05, 4.69) is 13.8 Å². The van der Waals surface area contributed by atoms with E-state index in [0.29, 0.717) is 11.1 Å². The standard InChI is InChI=1S/C21H24O7/c1-10-8-14(27-19(10)23)25-9-13-15-17(26-11(2)22)12-6-5-7-21(3,4)16(12)18(15)28-20(13)24/h8-9,14-15,17-18H,5-7H2,1-4H3/b13-9+/t14-,15+,17-,18+/m1/s1. The second-order valence-electron chi connectivity index (χ2n) is 8.39. The monoisotopic (exact) mass is 388 g/mol. The summed E-state index contributed by atoms with van der Waals surface area (Å²) in [6.07, 6.45) is 3.76. The highest BCUT2D eigenvalue weighted by molar-refractivity contribution is 5.93. The quantitative estimate of drug-likeness (QED) is 0.241. The number of fused-ring (bicyclic) bond motifs is 2. The molecule has 2 aliphatic carbocycles. The van der Waals surface area contributed by atoms with Crippen molar-refractivity contribution in [2.24, 2.45) is 11.3 Å². The summed E-state index contributed by atoms with van der Waals surface area (Å²) >= 11 is 0. The average Bonchev–Trinajstić information content (AvgIpc) is 3.18. The average molecular weight is 388 g/mol. The lowest BCUT2D eigenvalue weighted by atomic mass is 9.72. The molecular formula is C21H24O7. The van der Waals surface area contributed by atoms with E-state index < -0.39 is 42.3 Å². The van der Waals surface area contributed by atoms with Gasteiger partial charge in [-0.1, -0.05) is 13.8 Å². The summed E-state index contributed by atoms with van der Waals surface area (Å²) in [5.41, 5.74) is 2.74. The summed E-state index contributed by atoms with van der Waals surface area (Å²) in [6, 6.07) is 0. The van der Waals surface area contributed by atoms with Gasteiger partial charge in [-0.15, -0.1) is 0 Å². The van der Waals surface area contributed by atoms with Crippen LogP contribution >= 0.6 is 0 Å². The van der Waals surface area contributed by atoms with E-state index in [9.17, 15) is 14.4 Å². The van der Waals surface area contributed by atoms with Gasteiger partial charge in [-0.25, -0.2) is 9.59 Å². The molecule has 0 aromatic rings. The van der Waals surface area contributed by atoms with Crippen molar-refractivity contribution in [1.82, 2.24) is 0 Å². The summed E-state index contributed by atoms with van der Waals surface area (Å²) < 4.78 is 21.9. The van der Waals surface area contributed by atoms with Crippen molar-refractivity contribution >= 4 is 17.9 Å². The van der Waals surface area contributed by atoms with E-state index in [1.807, 2.05) is 0 Å². The smallest absolute Gasteiger partial charge is 0.338 e. The van der Waals surface area contributed by atoms with E-state index in [-0.39, 0.29) is 5.41 Å². The zero-order valence-corrected chi connectivity index (χ0v) is 16.4. The molecule has 7 nitrogen and oxygen atoms in total. The first-order chi connectivity index (χ1) is 13.2. The van der Waals surface area contributed by atoms with Crippen molar-refractivity contribution in [3.05, 3.63) is 34.6 Å². The summed E-state index contributed by atoms with van der Waals surface area (Å²) in [7, 11) is 0. The van der Waals surface area contributed by atoms with Crippen LogP contribution in [-0.2, 0) is 33.3 Å². The molecule has 0 unspecified atom stereocenters. The number of hydrogen-bond acceptors (Lipinski definition) is 7. The van der Waals surface area contributed by atoms with Crippen LogP contribution in [0.4, 0.5) is 0 Å². The number of carbonyl (C=O) groups excluding carboxylic acids is 3. The highest BCUT2D eigenvalue weighted by atomic mass is 16.7. The molecule has 150 valence electrons. The van der Waals surface area contributed by atoms with Gasteiger partial charge in [0.15, 0.2) is 0 Å². The molecule has 0 radical (unpaired) electrons. The fraction of sp³-hybridized carbons (Fsp3) is 0.571. The fourth-order valence-corrected chi connectivity index (χ4v) is 4.78. The van der Waals surface area contributed by atoms with E-state index in [4.69, 9.17) is 18.9 Å². The van der Waals surface area contributed by atoms with Crippen molar-refractivity contribution in [1.29, 1.82) is 0 Å². The SMILES string of the molecule is CC(=O)O[C@@H]1C2=C([C@H]3OC(=O)/C(=C/O[C@H]4C=C(C)C(=O)O4)[C@@H]13)C(C)(C)CCC2. The number of ether oxygens (including phenoxy) is 4. The van der Waals surface area contributed by atoms with Crippen molar-refractivity contribution in [2.45, 2.75) is 65.5 Å². The Labute approximate surface area is 163 Å². The summed E-state index contributed by atoms with van der Waals surface area (Å²) in [6.45, 7) is 7.26. The minimum absolute atomic E-state index is 0.136. The summed E-state index contributed by atoms with van der Waals surface area (Å²) in [4.78, 5) is 35.8. The highest BCUT2D eigenvalue weighted by Gasteiger charge is 2.58. The lowest BCUT2D eigenvalue weighted by Crippen LogP contribution is -2.29. The first-order valence-corrected chi connectivity index (χ1v) is 9.55. The highest BCUT2D eigenvalue weighted by Crippen LogP contribution is 2.55. The first kappa shape index (κ1) is 18.8. The Hall–Kier alpha value is -2.57. The normalized spacial score (nSPS) is 34.6. The molecule has 1 fully saturated rings. The molecule has 4 aliphatic rings. The van der Waals surface area contributed by atoms with Gasteiger partial charge in [-0.2, -0.15) is 0 Å². The van der Waals surface area contributed by atoms with Gasteiger partial charge in [0.25, 0.3) is 6.29 Å². The molecule has 0 bridgehead atoms. The Morgan fingerprint density at radius 1 is 1.25 bits per heavy atom. The molecule has 0 N–H and O–H groups in total. The van der Waals surface area contributed by atoms with Crippen LogP contribution in [0, 0.1) is 11.3 Å². The van der Waals surface area contributed by atoms with Gasteiger partial charge in [-0.05, 0) is 42.7 Å². The number of hydrogen-bond donors (Lipinski definition) is 0. The second kappa shape index (κ2) is 6.50. The van der Waals surface area contributed by atoms with Crippen LogP contribution in [0.15, 0.2) is 34.6 Å². The maximum atomic E-state index is 12.6. The van der Waals surface area contributed by atoms with Gasteiger partial charge in [0, 0.05) is 18.6 Å². The van der Waals surface area contributed by atoms with E-state index in [1.54, 1.807) is 13.0 Å². The molecule has 0 amide bonds. The van der Waals surface area contributed by atoms with Gasteiger partial charge in [0.2, 0.25) is 0 Å². The van der Waals surface area contributed by atoms with Crippen LogP contribution in [-0.4, -0.2) is 36.4 Å². The molecule has 1 saturated heterocycles. The molecule has 0 spiro atoms. The number of carbonyl (C=O) groups is 3. The Kier molecular flexibility index (Phi) is 4.36. The Morgan fingerprint density at radius 3 is 2.64 bits per heavy atom. The number of esters is 3. The fourth-order valence-electron chi connectivity index (χ4n) is 4.78. The minimum atomic E-state index is -0.876. The lowest BCUT2D eigenvalue weighted by Gasteiger charge is -2.34. The van der Waals surface area contributed by atoms with Crippen LogP contribution in [0.2, 0.25) is 0 Å². The zero-order chi connectivity index (χ0) is 20.2. The van der Waals surface area contributed by atoms with Crippen LogP contribution in [0.1, 0.15) is 47.0 Å². The Balaban J connectivity index is 1.67. The third-order valence-corrected chi connectivity index (χ3v) is 5.99. The zero-order valence-electron chi connectivity index (χ0n) is 16.4. The summed E-state index contributed by atoms with van der Waals surface area (Å²) in [5, 5.41) is 0. The second-order valence-corrected chi connectivity index (χ2v) is 8.39. The van der Waals surface area contributed by atoms with Crippen LogP contribution in [0.25, 0.3) is 0 Å². The molecule has 4 rings (SSSR count). The minimum Gasteiger partial charge on any atom is -0.458 e. The van der Waals surface area contributed by atoms with Crippen LogP contribution in [0.5, 0.6) is 0 Å². The van der Waals surface area contributed by atoms with Crippen molar-refractivity contribution in [2.75, 3.05) is 0 Å². The van der Waals surface area contributed by atoms with Gasteiger partial charge >= 0.3 is 17.9 Å². The largest absolute Gasteiger partial charge is 0.458 e. The van der Waals surface area contributed by atoms with Gasteiger partial charge < -0.3 is 18.9 Å². The van der Waals surface area contributed by atoms with Gasteiger partial charge in [0.1, 0.15) is 12.2 Å². The lowest BCUT2D eigenvalue weighted by molar-refractivity contribution is -0.152. The molecular weight excluding hydrogens is 364 g/mol. The van der Waals surface area contributed by atoms with Gasteiger partial charge in [0.05, 0.1) is 17.8 Å². The van der Waals surface area contributed by atoms with Crippen molar-refractivity contribution in [3.63, 3.8) is 0 Å². The molecule has 0 aromatic heterocycles. The van der Waals surface area contributed by atoms with E-state index in [0.717, 1.165) is 30.4 Å². The molecule has 2 heterocycles. The molecule has 4 atom stereocenters. The third-order valence-electron chi connectivity index (χ3n) is 5.99.